The minimum absolute atomic E-state index is 0.0193. The van der Waals surface area contributed by atoms with E-state index in [2.05, 4.69) is 11.6 Å². The molecule has 5 heteroatoms. The third-order valence-corrected chi connectivity index (χ3v) is 5.71. The highest BCUT2D eigenvalue weighted by atomic mass is 32.2. The normalized spacial score (nSPS) is 23.1. The topological polar surface area (TPSA) is 66.4 Å². The van der Waals surface area contributed by atoms with Gasteiger partial charge in [-0.15, -0.1) is 0 Å². The zero-order valence-electron chi connectivity index (χ0n) is 12.6. The van der Waals surface area contributed by atoms with Gasteiger partial charge in [0.2, 0.25) is 10.0 Å². The first-order valence-corrected chi connectivity index (χ1v) is 9.36. The minimum atomic E-state index is -3.32. The summed E-state index contributed by atoms with van der Waals surface area (Å²) in [6.07, 6.45) is 5.30. The number of benzene rings is 1. The molecule has 4 nitrogen and oxygen atoms in total. The standard InChI is InChI=1S/C16H25NO3S/c1-2-13-6-8-16(9-7-13)17-21(19,20)12-15-5-3-4-14(10-15)11-18/h3-5,10,13,16-18H,2,6-9,11-12H2,1H3. The third kappa shape index (κ3) is 5.09. The van der Waals surface area contributed by atoms with Crippen molar-refractivity contribution in [2.75, 3.05) is 0 Å². The van der Waals surface area contributed by atoms with Crippen molar-refractivity contribution in [3.8, 4) is 0 Å². The van der Waals surface area contributed by atoms with Crippen molar-refractivity contribution in [1.82, 2.24) is 4.72 Å². The highest BCUT2D eigenvalue weighted by Gasteiger charge is 2.24. The van der Waals surface area contributed by atoms with Crippen LogP contribution in [0.4, 0.5) is 0 Å². The molecular formula is C16H25NO3S. The molecule has 1 fully saturated rings. The summed E-state index contributed by atoms with van der Waals surface area (Å²) in [4.78, 5) is 0. The van der Waals surface area contributed by atoms with Crippen LogP contribution < -0.4 is 4.72 Å². The van der Waals surface area contributed by atoms with Crippen LogP contribution in [-0.2, 0) is 22.4 Å². The van der Waals surface area contributed by atoms with Crippen molar-refractivity contribution in [3.05, 3.63) is 35.4 Å². The van der Waals surface area contributed by atoms with Gasteiger partial charge in [-0.1, -0.05) is 37.6 Å². The summed E-state index contributed by atoms with van der Waals surface area (Å²) >= 11 is 0. The number of hydrogen-bond donors (Lipinski definition) is 2. The van der Waals surface area contributed by atoms with Gasteiger partial charge in [0.25, 0.3) is 0 Å². The van der Waals surface area contributed by atoms with Crippen LogP contribution in [0.2, 0.25) is 0 Å². The zero-order chi connectivity index (χ0) is 15.3. The Bertz CT molecular complexity index is 548. The van der Waals surface area contributed by atoms with E-state index in [-0.39, 0.29) is 18.4 Å². The SMILES string of the molecule is CCC1CCC(NS(=O)(=O)Cc2cccc(CO)c2)CC1. The Kier molecular flexibility index (Phi) is 5.79. The van der Waals surface area contributed by atoms with Crippen molar-refractivity contribution >= 4 is 10.0 Å². The molecule has 0 spiro atoms. The number of aliphatic hydroxyl groups is 1. The van der Waals surface area contributed by atoms with Gasteiger partial charge in [-0.25, -0.2) is 13.1 Å². The smallest absolute Gasteiger partial charge is 0.216 e. The molecule has 0 radical (unpaired) electrons. The third-order valence-electron chi connectivity index (χ3n) is 4.30. The lowest BCUT2D eigenvalue weighted by Crippen LogP contribution is -2.38. The van der Waals surface area contributed by atoms with E-state index in [4.69, 9.17) is 5.11 Å². The summed E-state index contributed by atoms with van der Waals surface area (Å²) in [6, 6.07) is 7.18. The Hall–Kier alpha value is -0.910. The molecule has 0 unspecified atom stereocenters. The fraction of sp³-hybridized carbons (Fsp3) is 0.625. The average molecular weight is 311 g/mol. The van der Waals surface area contributed by atoms with E-state index < -0.39 is 10.0 Å². The molecule has 21 heavy (non-hydrogen) atoms. The summed E-state index contributed by atoms with van der Waals surface area (Å²) in [7, 11) is -3.32. The van der Waals surface area contributed by atoms with E-state index in [1.54, 1.807) is 24.3 Å². The fourth-order valence-corrected chi connectivity index (χ4v) is 4.47. The lowest BCUT2D eigenvalue weighted by molar-refractivity contribution is 0.281. The van der Waals surface area contributed by atoms with Gasteiger partial charge in [0.1, 0.15) is 0 Å². The maximum Gasteiger partial charge on any atom is 0.216 e. The van der Waals surface area contributed by atoms with Crippen LogP contribution in [0.15, 0.2) is 24.3 Å². The highest BCUT2D eigenvalue weighted by molar-refractivity contribution is 7.88. The summed E-state index contributed by atoms with van der Waals surface area (Å²) in [6.45, 7) is 2.13. The zero-order valence-corrected chi connectivity index (χ0v) is 13.4. The maximum absolute atomic E-state index is 12.2. The lowest BCUT2D eigenvalue weighted by Gasteiger charge is -2.28. The van der Waals surface area contributed by atoms with Crippen LogP contribution in [0.3, 0.4) is 0 Å². The molecule has 0 heterocycles. The first kappa shape index (κ1) is 16.5. The quantitative estimate of drug-likeness (QED) is 0.848. The molecule has 1 aromatic carbocycles. The first-order chi connectivity index (χ1) is 10.0. The molecule has 2 rings (SSSR count). The minimum Gasteiger partial charge on any atom is -0.392 e. The van der Waals surface area contributed by atoms with E-state index in [1.807, 2.05) is 0 Å². The molecule has 1 aromatic rings. The second-order valence-corrected chi connectivity index (χ2v) is 7.73. The Morgan fingerprint density at radius 2 is 1.86 bits per heavy atom. The molecule has 1 aliphatic rings. The van der Waals surface area contributed by atoms with Gasteiger partial charge < -0.3 is 5.11 Å². The predicted octanol–water partition coefficient (Wildman–Crippen LogP) is 2.57. The fourth-order valence-electron chi connectivity index (χ4n) is 3.02. The van der Waals surface area contributed by atoms with E-state index in [9.17, 15) is 8.42 Å². The number of aliphatic hydroxyl groups excluding tert-OH is 1. The molecule has 0 saturated heterocycles. The molecule has 0 atom stereocenters. The van der Waals surface area contributed by atoms with Gasteiger partial charge >= 0.3 is 0 Å². The van der Waals surface area contributed by atoms with Crippen molar-refractivity contribution < 1.29 is 13.5 Å². The molecule has 0 aromatic heterocycles. The van der Waals surface area contributed by atoms with E-state index in [1.165, 1.54) is 6.42 Å². The number of nitrogens with one attached hydrogen (secondary N) is 1. The van der Waals surface area contributed by atoms with Gasteiger partial charge in [-0.2, -0.15) is 0 Å². The van der Waals surface area contributed by atoms with E-state index in [0.29, 0.717) is 0 Å². The van der Waals surface area contributed by atoms with Crippen LogP contribution in [0.25, 0.3) is 0 Å². The molecule has 118 valence electrons. The largest absolute Gasteiger partial charge is 0.392 e. The molecule has 1 saturated carbocycles. The number of sulfonamides is 1. The van der Waals surface area contributed by atoms with Crippen LogP contribution in [0.5, 0.6) is 0 Å². The summed E-state index contributed by atoms with van der Waals surface area (Å²) in [5.74, 6) is 0.737. The Labute approximate surface area is 127 Å². The van der Waals surface area contributed by atoms with Crippen molar-refractivity contribution in [1.29, 1.82) is 0 Å². The van der Waals surface area contributed by atoms with Crippen molar-refractivity contribution in [3.63, 3.8) is 0 Å². The van der Waals surface area contributed by atoms with Gasteiger partial charge in [0.15, 0.2) is 0 Å². The Balaban J connectivity index is 1.93. The number of rotatable bonds is 6. The van der Waals surface area contributed by atoms with Crippen LogP contribution in [0.1, 0.15) is 50.2 Å². The second kappa shape index (κ2) is 7.38. The summed E-state index contributed by atoms with van der Waals surface area (Å²) < 4.78 is 27.3. The van der Waals surface area contributed by atoms with Gasteiger partial charge in [-0.05, 0) is 42.7 Å². The first-order valence-electron chi connectivity index (χ1n) is 7.71. The van der Waals surface area contributed by atoms with Crippen molar-refractivity contribution in [2.45, 2.75) is 57.4 Å². The highest BCUT2D eigenvalue weighted by Crippen LogP contribution is 2.27. The van der Waals surface area contributed by atoms with Crippen LogP contribution in [-0.4, -0.2) is 19.6 Å². The van der Waals surface area contributed by atoms with E-state index in [0.717, 1.165) is 42.7 Å². The Morgan fingerprint density at radius 3 is 2.48 bits per heavy atom. The molecule has 0 amide bonds. The van der Waals surface area contributed by atoms with Crippen molar-refractivity contribution in [2.24, 2.45) is 5.92 Å². The summed E-state index contributed by atoms with van der Waals surface area (Å²) in [5.41, 5.74) is 1.46. The molecule has 2 N–H and O–H groups in total. The van der Waals surface area contributed by atoms with Gasteiger partial charge in [0.05, 0.1) is 12.4 Å². The molecule has 0 bridgehead atoms. The predicted molar refractivity (Wildman–Crippen MR) is 84.2 cm³/mol. The van der Waals surface area contributed by atoms with Gasteiger partial charge in [-0.3, -0.25) is 0 Å². The average Bonchev–Trinajstić information content (AvgIpc) is 2.47. The molecule has 0 aliphatic heterocycles. The van der Waals surface area contributed by atoms with E-state index >= 15 is 0 Å². The monoisotopic (exact) mass is 311 g/mol. The maximum atomic E-state index is 12.2. The lowest BCUT2D eigenvalue weighted by atomic mass is 9.85. The van der Waals surface area contributed by atoms with Crippen LogP contribution >= 0.6 is 0 Å². The summed E-state index contributed by atoms with van der Waals surface area (Å²) in [5, 5.41) is 9.10. The van der Waals surface area contributed by atoms with Crippen LogP contribution in [0, 0.1) is 5.92 Å². The number of hydrogen-bond acceptors (Lipinski definition) is 3. The van der Waals surface area contributed by atoms with Gasteiger partial charge in [0, 0.05) is 6.04 Å². The molecular weight excluding hydrogens is 286 g/mol. The molecule has 1 aliphatic carbocycles. The Morgan fingerprint density at radius 1 is 1.19 bits per heavy atom. The second-order valence-electron chi connectivity index (χ2n) is 5.98.